The molecule has 0 fully saturated rings. The van der Waals surface area contributed by atoms with E-state index in [0.717, 1.165) is 0 Å². The minimum Gasteiger partial charge on any atom is -0.147 e. The van der Waals surface area contributed by atoms with Crippen molar-refractivity contribution in [3.8, 4) is 0 Å². The summed E-state index contributed by atoms with van der Waals surface area (Å²) in [6.07, 6.45) is 8.10. The van der Waals surface area contributed by atoms with Gasteiger partial charge in [0, 0.05) is 0 Å². The van der Waals surface area contributed by atoms with E-state index in [9.17, 15) is 0 Å². The molecule has 0 N–H and O–H groups in total. The van der Waals surface area contributed by atoms with Crippen molar-refractivity contribution in [3.63, 3.8) is 0 Å². The Morgan fingerprint density at radius 2 is 1.65 bits per heavy atom. The SMILES string of the molecule is CN(C)C[CH2][Ti]([CH3])([CH3])([CH3])([CH3])[C]1=CC=CC1.Cl.Cl. The van der Waals surface area contributed by atoms with Gasteiger partial charge in [-0.2, -0.15) is 0 Å². The van der Waals surface area contributed by atoms with Crippen molar-refractivity contribution in [2.45, 2.75) is 32.1 Å². The van der Waals surface area contributed by atoms with Crippen LogP contribution in [0.5, 0.6) is 0 Å². The first-order valence-corrected chi connectivity index (χ1v) is 14.2. The van der Waals surface area contributed by atoms with Crippen molar-refractivity contribution in [2.24, 2.45) is 0 Å². The molecule has 0 aromatic rings. The molecule has 0 amide bonds. The average molecular weight is 318 g/mol. The van der Waals surface area contributed by atoms with Gasteiger partial charge in [-0.1, -0.05) is 0 Å². The molecule has 104 valence electrons. The summed E-state index contributed by atoms with van der Waals surface area (Å²) in [7, 11) is 4.35. The van der Waals surface area contributed by atoms with Gasteiger partial charge < -0.3 is 0 Å². The summed E-state index contributed by atoms with van der Waals surface area (Å²) in [5.74, 6) is 0. The second-order valence-corrected chi connectivity index (χ2v) is 27.7. The Kier molecular flexibility index (Phi) is 6.36. The largest absolute Gasteiger partial charge is 0.147 e. The average Bonchev–Trinajstić information content (AvgIpc) is 2.52. The van der Waals surface area contributed by atoms with Crippen LogP contribution in [0.15, 0.2) is 22.1 Å². The van der Waals surface area contributed by atoms with Crippen LogP contribution in [0.3, 0.4) is 0 Å². The van der Waals surface area contributed by atoms with Crippen LogP contribution in [0.4, 0.5) is 0 Å². The summed E-state index contributed by atoms with van der Waals surface area (Å²) >= 11 is -2.85. The molecule has 17 heavy (non-hydrogen) atoms. The fraction of sp³-hybridized carbons (Fsp3) is 0.692. The quantitative estimate of drug-likeness (QED) is 0.654. The van der Waals surface area contributed by atoms with Gasteiger partial charge in [0.2, 0.25) is 0 Å². The fourth-order valence-corrected chi connectivity index (χ4v) is 8.04. The number of hydrogen-bond acceptors (Lipinski definition) is 1. The van der Waals surface area contributed by atoms with Gasteiger partial charge in [-0.25, -0.2) is 0 Å². The number of nitrogens with zero attached hydrogens (tertiary/aromatic N) is 1. The maximum atomic E-state index is 2.57. The second kappa shape index (κ2) is 5.39. The third-order valence-corrected chi connectivity index (χ3v) is 13.1. The van der Waals surface area contributed by atoms with E-state index in [1.807, 2.05) is 0 Å². The third-order valence-electron chi connectivity index (χ3n) is 3.97. The molecule has 4 heteroatoms. The van der Waals surface area contributed by atoms with Crippen LogP contribution in [0.25, 0.3) is 0 Å². The number of hydrogen-bond donors (Lipinski definition) is 0. The van der Waals surface area contributed by atoms with Gasteiger partial charge in [0.1, 0.15) is 0 Å². The van der Waals surface area contributed by atoms with E-state index in [4.69, 9.17) is 0 Å². The summed E-state index contributed by atoms with van der Waals surface area (Å²) < 4.78 is 3.09. The van der Waals surface area contributed by atoms with E-state index in [-0.39, 0.29) is 24.8 Å². The van der Waals surface area contributed by atoms with Crippen LogP contribution in [-0.4, -0.2) is 25.5 Å². The Bertz CT molecular complexity index is 322. The summed E-state index contributed by atoms with van der Waals surface area (Å²) in [4.78, 5) is 2.31. The van der Waals surface area contributed by atoms with Gasteiger partial charge in [0.05, 0.1) is 0 Å². The van der Waals surface area contributed by atoms with Crippen LogP contribution in [0.2, 0.25) is 25.6 Å². The Labute approximate surface area is 118 Å². The van der Waals surface area contributed by atoms with Gasteiger partial charge in [0.25, 0.3) is 0 Å². The normalized spacial score (nSPS) is 18.9. The van der Waals surface area contributed by atoms with Gasteiger partial charge in [-0.15, -0.1) is 24.8 Å². The summed E-state index contributed by atoms with van der Waals surface area (Å²) in [6, 6.07) is 0. The van der Waals surface area contributed by atoms with E-state index in [2.05, 4.69) is 58.1 Å². The van der Waals surface area contributed by atoms with E-state index in [1.54, 1.807) is 3.88 Å². The molecule has 0 aromatic heterocycles. The molecule has 0 saturated carbocycles. The van der Waals surface area contributed by atoms with Crippen molar-refractivity contribution in [1.29, 1.82) is 0 Å². The molecule has 0 heterocycles. The Morgan fingerprint density at radius 1 is 1.12 bits per heavy atom. The Morgan fingerprint density at radius 3 is 2.00 bits per heavy atom. The maximum absolute atomic E-state index is 2.85. The van der Waals surface area contributed by atoms with E-state index < -0.39 is 14.0 Å². The van der Waals surface area contributed by atoms with Crippen molar-refractivity contribution < 1.29 is 14.0 Å². The molecule has 0 unspecified atom stereocenters. The minimum atomic E-state index is -2.85. The Hall–Kier alpha value is 0.734. The standard InChI is InChI=1S/C5H5.C4H10N.4CH3.2ClH.Ti/c1-2-4-5-3-1;1-4-5(2)3;;;;;;;/h1-3H,4H2;1,4H2,2-3H3;4*1H3;2*1H;. The number of rotatable bonds is 4. The van der Waals surface area contributed by atoms with Gasteiger partial charge in [-0.05, 0) is 0 Å². The van der Waals surface area contributed by atoms with E-state index in [0.29, 0.717) is 0 Å². The monoisotopic (exact) mass is 317 g/mol. The van der Waals surface area contributed by atoms with Crippen LogP contribution in [0.1, 0.15) is 6.42 Å². The number of halogens is 2. The second-order valence-electron chi connectivity index (χ2n) is 8.47. The molecule has 1 nitrogen and oxygen atoms in total. The first-order valence-electron chi connectivity index (χ1n) is 6.03. The van der Waals surface area contributed by atoms with E-state index >= 15 is 0 Å². The van der Waals surface area contributed by atoms with Crippen LogP contribution < -0.4 is 0 Å². The predicted molar refractivity (Wildman–Crippen MR) is 83.2 cm³/mol. The molecule has 0 aliphatic heterocycles. The number of allylic oxidation sites excluding steroid dienone is 4. The van der Waals surface area contributed by atoms with Gasteiger partial charge in [-0.3, -0.25) is 0 Å². The maximum Gasteiger partial charge on any atom is -0.147 e. The van der Waals surface area contributed by atoms with Crippen molar-refractivity contribution in [2.75, 3.05) is 20.6 Å². The topological polar surface area (TPSA) is 3.24 Å². The smallest absolute Gasteiger partial charge is 0.147 e. The first-order chi connectivity index (χ1) is 6.54. The van der Waals surface area contributed by atoms with Crippen LogP contribution in [-0.2, 0) is 14.0 Å². The van der Waals surface area contributed by atoms with Gasteiger partial charge >= 0.3 is 93.7 Å². The fourth-order valence-electron chi connectivity index (χ4n) is 2.21. The third kappa shape index (κ3) is 5.49. The zero-order chi connectivity index (χ0) is 11.8. The molecule has 0 aromatic carbocycles. The summed E-state index contributed by atoms with van der Waals surface area (Å²) in [6.45, 7) is 1.21. The summed E-state index contributed by atoms with van der Waals surface area (Å²) in [5, 5.41) is 10.3. The molecular formula is C13H29Cl2NTi. The molecule has 0 radical (unpaired) electrons. The predicted octanol–water partition coefficient (Wildman–Crippen LogP) is 5.07. The Balaban J connectivity index is 0. The van der Waals surface area contributed by atoms with Crippen LogP contribution in [0, 0.1) is 0 Å². The molecule has 1 aliphatic carbocycles. The molecule has 0 atom stereocenters. The molecule has 1 aliphatic rings. The zero-order valence-electron chi connectivity index (χ0n) is 12.1. The molecule has 0 spiro atoms. The van der Waals surface area contributed by atoms with Crippen molar-refractivity contribution in [3.05, 3.63) is 22.1 Å². The molecule has 0 bridgehead atoms. The van der Waals surface area contributed by atoms with E-state index in [1.165, 1.54) is 17.7 Å². The minimum absolute atomic E-state index is 0. The molecular weight excluding hydrogens is 289 g/mol. The zero-order valence-corrected chi connectivity index (χ0v) is 15.3. The molecule has 0 saturated heterocycles. The van der Waals surface area contributed by atoms with Crippen molar-refractivity contribution in [1.82, 2.24) is 4.90 Å². The van der Waals surface area contributed by atoms with Gasteiger partial charge in [0.15, 0.2) is 0 Å². The first kappa shape index (κ1) is 20.1. The van der Waals surface area contributed by atoms with Crippen molar-refractivity contribution >= 4 is 24.8 Å². The summed E-state index contributed by atoms with van der Waals surface area (Å²) in [5.41, 5.74) is 0. The molecule has 1 rings (SSSR count). The van der Waals surface area contributed by atoms with Crippen LogP contribution >= 0.6 is 24.8 Å².